The Morgan fingerprint density at radius 3 is 2.56 bits per heavy atom. The second-order valence-electron chi connectivity index (χ2n) is 3.90. The molecule has 0 aliphatic carbocycles. The van der Waals surface area contributed by atoms with Crippen LogP contribution < -0.4 is 0 Å². The molecule has 0 amide bonds. The Kier molecular flexibility index (Phi) is 3.63. The quantitative estimate of drug-likeness (QED) is 0.665. The van der Waals surface area contributed by atoms with Crippen LogP contribution in [0.2, 0.25) is 0 Å². The summed E-state index contributed by atoms with van der Waals surface area (Å²) in [7, 11) is 0. The fourth-order valence-electron chi connectivity index (χ4n) is 1.89. The van der Waals surface area contributed by atoms with E-state index in [4.69, 9.17) is 11.6 Å². The monoisotopic (exact) mass is 230 g/mol. The highest BCUT2D eigenvalue weighted by Crippen LogP contribution is 2.23. The van der Waals surface area contributed by atoms with Crippen LogP contribution in [0, 0.1) is 6.92 Å². The van der Waals surface area contributed by atoms with Crippen molar-refractivity contribution in [3.63, 3.8) is 0 Å². The van der Waals surface area contributed by atoms with Gasteiger partial charge in [-0.05, 0) is 35.2 Å². The standard InChI is InChI=1S/C15H15Cl/c1-12-9-10-13(6-4-5-11-16)15-8-3-2-7-14(12)15/h2-4,6-10H,5,11H2,1H3. The van der Waals surface area contributed by atoms with Crippen molar-refractivity contribution < 1.29 is 0 Å². The van der Waals surface area contributed by atoms with Crippen LogP contribution >= 0.6 is 11.6 Å². The molecule has 0 saturated heterocycles. The van der Waals surface area contributed by atoms with E-state index in [-0.39, 0.29) is 0 Å². The van der Waals surface area contributed by atoms with Gasteiger partial charge in [0.2, 0.25) is 0 Å². The Morgan fingerprint density at radius 1 is 1.06 bits per heavy atom. The van der Waals surface area contributed by atoms with Gasteiger partial charge in [0, 0.05) is 5.88 Å². The molecular formula is C15H15Cl. The fraction of sp³-hybridized carbons (Fsp3) is 0.200. The highest BCUT2D eigenvalue weighted by atomic mass is 35.5. The van der Waals surface area contributed by atoms with Crippen LogP contribution in [0.1, 0.15) is 17.5 Å². The van der Waals surface area contributed by atoms with Gasteiger partial charge in [-0.3, -0.25) is 0 Å². The number of fused-ring (bicyclic) bond motifs is 1. The third-order valence-electron chi connectivity index (χ3n) is 2.75. The van der Waals surface area contributed by atoms with E-state index in [0.29, 0.717) is 5.88 Å². The van der Waals surface area contributed by atoms with Gasteiger partial charge in [-0.2, -0.15) is 0 Å². The van der Waals surface area contributed by atoms with E-state index >= 15 is 0 Å². The summed E-state index contributed by atoms with van der Waals surface area (Å²) in [5.74, 6) is 0.681. The summed E-state index contributed by atoms with van der Waals surface area (Å²) in [6.45, 7) is 2.15. The minimum Gasteiger partial charge on any atom is -0.126 e. The smallest absolute Gasteiger partial charge is 0.0258 e. The molecule has 0 unspecified atom stereocenters. The maximum absolute atomic E-state index is 5.66. The van der Waals surface area contributed by atoms with Crippen LogP contribution in [0.15, 0.2) is 42.5 Å². The second-order valence-corrected chi connectivity index (χ2v) is 4.28. The Morgan fingerprint density at radius 2 is 1.81 bits per heavy atom. The lowest BCUT2D eigenvalue weighted by Gasteiger charge is -2.05. The Balaban J connectivity index is 2.50. The number of benzene rings is 2. The third kappa shape index (κ3) is 2.28. The maximum Gasteiger partial charge on any atom is 0.0258 e. The average Bonchev–Trinajstić information content (AvgIpc) is 2.33. The van der Waals surface area contributed by atoms with E-state index < -0.39 is 0 Å². The first kappa shape index (κ1) is 11.2. The highest BCUT2D eigenvalue weighted by molar-refractivity contribution is 6.17. The van der Waals surface area contributed by atoms with Crippen LogP contribution in [0.5, 0.6) is 0 Å². The molecule has 16 heavy (non-hydrogen) atoms. The topological polar surface area (TPSA) is 0 Å². The van der Waals surface area contributed by atoms with Crippen LogP contribution in [0.3, 0.4) is 0 Å². The van der Waals surface area contributed by atoms with Crippen LogP contribution in [0.25, 0.3) is 16.8 Å². The molecule has 82 valence electrons. The van der Waals surface area contributed by atoms with Gasteiger partial charge in [-0.15, -0.1) is 11.6 Å². The summed E-state index contributed by atoms with van der Waals surface area (Å²) in [6, 6.07) is 12.8. The van der Waals surface area contributed by atoms with Crippen molar-refractivity contribution in [1.82, 2.24) is 0 Å². The number of hydrogen-bond donors (Lipinski definition) is 0. The molecule has 0 nitrogen and oxygen atoms in total. The fourth-order valence-corrected chi connectivity index (χ4v) is 2.02. The van der Waals surface area contributed by atoms with Gasteiger partial charge < -0.3 is 0 Å². The molecule has 2 rings (SSSR count). The molecule has 0 aliphatic rings. The molecule has 0 atom stereocenters. The lowest BCUT2D eigenvalue weighted by Crippen LogP contribution is -1.82. The maximum atomic E-state index is 5.66. The van der Waals surface area contributed by atoms with Gasteiger partial charge in [0.05, 0.1) is 0 Å². The Hall–Kier alpha value is -1.27. The van der Waals surface area contributed by atoms with Crippen LogP contribution in [0.4, 0.5) is 0 Å². The number of halogens is 1. The molecule has 0 aromatic heterocycles. The average molecular weight is 231 g/mol. The summed E-state index contributed by atoms with van der Waals surface area (Å²) in [4.78, 5) is 0. The van der Waals surface area contributed by atoms with E-state index in [2.05, 4.69) is 55.5 Å². The van der Waals surface area contributed by atoms with Crippen molar-refractivity contribution in [1.29, 1.82) is 0 Å². The molecule has 1 heteroatoms. The van der Waals surface area contributed by atoms with Gasteiger partial charge in [-0.1, -0.05) is 48.6 Å². The van der Waals surface area contributed by atoms with Gasteiger partial charge in [0.15, 0.2) is 0 Å². The van der Waals surface area contributed by atoms with Crippen molar-refractivity contribution >= 4 is 28.4 Å². The first-order chi connectivity index (χ1) is 7.83. The highest BCUT2D eigenvalue weighted by Gasteiger charge is 1.99. The Labute approximate surface area is 102 Å². The van der Waals surface area contributed by atoms with E-state index in [1.54, 1.807) is 0 Å². The molecule has 0 bridgehead atoms. The summed E-state index contributed by atoms with van der Waals surface area (Å²) in [5.41, 5.74) is 2.59. The lowest BCUT2D eigenvalue weighted by molar-refractivity contribution is 1.24. The predicted octanol–water partition coefficient (Wildman–Crippen LogP) is 4.79. The molecule has 0 heterocycles. The third-order valence-corrected chi connectivity index (χ3v) is 2.97. The van der Waals surface area contributed by atoms with Gasteiger partial charge in [-0.25, -0.2) is 0 Å². The number of rotatable bonds is 3. The zero-order valence-electron chi connectivity index (χ0n) is 9.41. The number of alkyl halides is 1. The van der Waals surface area contributed by atoms with E-state index in [0.717, 1.165) is 6.42 Å². The van der Waals surface area contributed by atoms with Gasteiger partial charge in [0.1, 0.15) is 0 Å². The van der Waals surface area contributed by atoms with E-state index in [9.17, 15) is 0 Å². The summed E-state index contributed by atoms with van der Waals surface area (Å²) in [6.07, 6.45) is 5.21. The summed E-state index contributed by atoms with van der Waals surface area (Å²) >= 11 is 5.66. The second kappa shape index (κ2) is 5.18. The van der Waals surface area contributed by atoms with Crippen molar-refractivity contribution in [2.45, 2.75) is 13.3 Å². The zero-order chi connectivity index (χ0) is 11.4. The number of aryl methyl sites for hydroxylation is 1. The SMILES string of the molecule is Cc1ccc(C=CCCCl)c2ccccc12. The van der Waals surface area contributed by atoms with Gasteiger partial charge >= 0.3 is 0 Å². The lowest BCUT2D eigenvalue weighted by atomic mass is 10.00. The number of allylic oxidation sites excluding steroid dienone is 1. The first-order valence-corrected chi connectivity index (χ1v) is 6.07. The van der Waals surface area contributed by atoms with Gasteiger partial charge in [0.25, 0.3) is 0 Å². The molecule has 0 spiro atoms. The molecule has 0 aliphatic heterocycles. The molecule has 0 fully saturated rings. The molecule has 0 radical (unpaired) electrons. The van der Waals surface area contributed by atoms with Crippen molar-refractivity contribution in [2.75, 3.05) is 5.88 Å². The molecular weight excluding hydrogens is 216 g/mol. The van der Waals surface area contributed by atoms with Crippen molar-refractivity contribution in [3.05, 3.63) is 53.6 Å². The molecule has 0 N–H and O–H groups in total. The molecule has 2 aromatic carbocycles. The Bertz CT molecular complexity index is 512. The summed E-state index contributed by atoms with van der Waals surface area (Å²) in [5, 5.41) is 2.64. The predicted molar refractivity (Wildman–Crippen MR) is 73.1 cm³/mol. The normalized spacial score (nSPS) is 11.4. The molecule has 2 aromatic rings. The van der Waals surface area contributed by atoms with Crippen molar-refractivity contribution in [3.8, 4) is 0 Å². The first-order valence-electron chi connectivity index (χ1n) is 5.54. The minimum atomic E-state index is 0.681. The van der Waals surface area contributed by atoms with Crippen molar-refractivity contribution in [2.24, 2.45) is 0 Å². The van der Waals surface area contributed by atoms with E-state index in [1.165, 1.54) is 21.9 Å². The van der Waals surface area contributed by atoms with Crippen LogP contribution in [-0.4, -0.2) is 5.88 Å². The number of hydrogen-bond acceptors (Lipinski definition) is 0. The largest absolute Gasteiger partial charge is 0.126 e. The zero-order valence-corrected chi connectivity index (χ0v) is 10.2. The van der Waals surface area contributed by atoms with E-state index in [1.807, 2.05) is 0 Å². The van der Waals surface area contributed by atoms with Crippen LogP contribution in [-0.2, 0) is 0 Å². The molecule has 0 saturated carbocycles. The minimum absolute atomic E-state index is 0.681. The summed E-state index contributed by atoms with van der Waals surface area (Å²) < 4.78 is 0.